The highest BCUT2D eigenvalue weighted by Gasteiger charge is 2.31. The molecule has 0 bridgehead atoms. The Hall–Kier alpha value is -3.61. The maximum atomic E-state index is 13.1. The van der Waals surface area contributed by atoms with Crippen molar-refractivity contribution < 1.29 is 19.1 Å². The number of carboxylic acid groups (broad SMARTS) is 1. The molecule has 1 atom stereocenters. The van der Waals surface area contributed by atoms with Gasteiger partial charge in [0.05, 0.1) is 18.5 Å². The molecule has 1 aliphatic heterocycles. The molecule has 152 valence electrons. The summed E-state index contributed by atoms with van der Waals surface area (Å²) in [5.74, 6) is -0.824. The number of nitriles is 1. The third kappa shape index (κ3) is 4.63. The van der Waals surface area contributed by atoms with Crippen LogP contribution in [0.3, 0.4) is 0 Å². The lowest BCUT2D eigenvalue weighted by atomic mass is 9.88. The van der Waals surface area contributed by atoms with Crippen LogP contribution in [0, 0.1) is 23.1 Å². The van der Waals surface area contributed by atoms with E-state index in [1.54, 1.807) is 4.68 Å². The van der Waals surface area contributed by atoms with Gasteiger partial charge in [-0.3, -0.25) is 9.48 Å². The number of piperidine rings is 1. The fourth-order valence-electron chi connectivity index (χ4n) is 3.55. The second kappa shape index (κ2) is 8.60. The van der Waals surface area contributed by atoms with Gasteiger partial charge >= 0.3 is 6.09 Å². The quantitative estimate of drug-likeness (QED) is 0.682. The van der Waals surface area contributed by atoms with E-state index in [1.165, 1.54) is 35.4 Å². The number of carbonyl (C=O) groups is 2. The summed E-state index contributed by atoms with van der Waals surface area (Å²) < 4.78 is 14.7. The van der Waals surface area contributed by atoms with Crippen LogP contribution < -0.4 is 11.1 Å². The highest BCUT2D eigenvalue weighted by Crippen LogP contribution is 2.32. The molecule has 1 aliphatic rings. The van der Waals surface area contributed by atoms with E-state index in [-0.39, 0.29) is 29.8 Å². The highest BCUT2D eigenvalue weighted by molar-refractivity contribution is 5.98. The fourth-order valence-corrected chi connectivity index (χ4v) is 3.55. The van der Waals surface area contributed by atoms with Crippen molar-refractivity contribution in [3.63, 3.8) is 0 Å². The number of primary amides is 1. The number of nitrogens with one attached hydrogen (secondary N) is 1. The van der Waals surface area contributed by atoms with Crippen molar-refractivity contribution in [2.75, 3.05) is 18.4 Å². The lowest BCUT2D eigenvalue weighted by Crippen LogP contribution is -2.39. The second-order valence-electron chi connectivity index (χ2n) is 6.90. The Morgan fingerprint density at radius 1 is 1.34 bits per heavy atom. The van der Waals surface area contributed by atoms with Crippen molar-refractivity contribution in [2.24, 2.45) is 11.7 Å². The molecule has 2 amide bonds. The molecule has 1 aromatic carbocycles. The topological polar surface area (TPSA) is 137 Å². The smallest absolute Gasteiger partial charge is 0.407 e. The SMILES string of the molecule is N#CC[C@H](C1CCN(C(=O)O)CC1)n1cc(C(N)=O)c(Nc2ccc(F)cc2)n1. The van der Waals surface area contributed by atoms with Crippen LogP contribution in [-0.2, 0) is 0 Å². The zero-order valence-corrected chi connectivity index (χ0v) is 15.6. The Morgan fingerprint density at radius 2 is 2.00 bits per heavy atom. The van der Waals surface area contributed by atoms with Gasteiger partial charge in [0, 0.05) is 25.0 Å². The number of benzene rings is 1. The summed E-state index contributed by atoms with van der Waals surface area (Å²) in [5.41, 5.74) is 6.17. The molecule has 9 nitrogen and oxygen atoms in total. The Kier molecular flexibility index (Phi) is 5.97. The number of rotatable bonds is 6. The Labute approximate surface area is 166 Å². The summed E-state index contributed by atoms with van der Waals surface area (Å²) >= 11 is 0. The Morgan fingerprint density at radius 3 is 2.55 bits per heavy atom. The van der Waals surface area contributed by atoms with Gasteiger partial charge in [0.15, 0.2) is 5.82 Å². The van der Waals surface area contributed by atoms with Gasteiger partial charge in [-0.05, 0) is 43.0 Å². The van der Waals surface area contributed by atoms with E-state index in [0.29, 0.717) is 31.6 Å². The van der Waals surface area contributed by atoms with Crippen molar-refractivity contribution in [1.29, 1.82) is 5.26 Å². The monoisotopic (exact) mass is 400 g/mol. The minimum Gasteiger partial charge on any atom is -0.465 e. The Bertz CT molecular complexity index is 928. The van der Waals surface area contributed by atoms with Gasteiger partial charge in [0.2, 0.25) is 0 Å². The predicted octanol–water partition coefficient (Wildman–Crippen LogP) is 2.71. The first kappa shape index (κ1) is 20.1. The molecule has 29 heavy (non-hydrogen) atoms. The molecular weight excluding hydrogens is 379 g/mol. The van der Waals surface area contributed by atoms with E-state index in [1.807, 2.05) is 0 Å². The van der Waals surface area contributed by atoms with Crippen molar-refractivity contribution >= 4 is 23.5 Å². The summed E-state index contributed by atoms with van der Waals surface area (Å²) in [6, 6.07) is 7.39. The van der Waals surface area contributed by atoms with E-state index >= 15 is 0 Å². The highest BCUT2D eigenvalue weighted by atomic mass is 19.1. The molecule has 4 N–H and O–H groups in total. The summed E-state index contributed by atoms with van der Waals surface area (Å²) in [6.07, 6.45) is 1.88. The fraction of sp³-hybridized carbons (Fsp3) is 0.368. The zero-order chi connectivity index (χ0) is 21.0. The zero-order valence-electron chi connectivity index (χ0n) is 15.6. The maximum absolute atomic E-state index is 13.1. The first-order chi connectivity index (χ1) is 13.9. The lowest BCUT2D eigenvalue weighted by Gasteiger charge is -2.34. The van der Waals surface area contributed by atoms with Crippen LogP contribution in [0.4, 0.5) is 20.7 Å². The molecule has 1 fully saturated rings. The first-order valence-electron chi connectivity index (χ1n) is 9.15. The number of likely N-dealkylation sites (tertiary alicyclic amines) is 1. The molecule has 0 unspecified atom stereocenters. The number of aromatic nitrogens is 2. The number of hydrogen-bond acceptors (Lipinski definition) is 5. The number of carbonyl (C=O) groups excluding carboxylic acids is 1. The molecule has 10 heteroatoms. The van der Waals surface area contributed by atoms with Crippen LogP contribution in [0.25, 0.3) is 0 Å². The molecule has 0 aliphatic carbocycles. The lowest BCUT2D eigenvalue weighted by molar-refractivity contribution is 0.0998. The van der Waals surface area contributed by atoms with Crippen molar-refractivity contribution in [3.05, 3.63) is 41.8 Å². The number of halogens is 1. The van der Waals surface area contributed by atoms with Crippen molar-refractivity contribution in [1.82, 2.24) is 14.7 Å². The van der Waals surface area contributed by atoms with Crippen molar-refractivity contribution in [3.8, 4) is 6.07 Å². The van der Waals surface area contributed by atoms with E-state index in [9.17, 15) is 19.2 Å². The number of nitrogens with zero attached hydrogens (tertiary/aromatic N) is 4. The largest absolute Gasteiger partial charge is 0.465 e. The summed E-state index contributed by atoms with van der Waals surface area (Å²) in [4.78, 5) is 24.3. The minimum atomic E-state index is -0.957. The third-order valence-electron chi connectivity index (χ3n) is 5.10. The van der Waals surface area contributed by atoms with Crippen LogP contribution in [-0.4, -0.2) is 44.9 Å². The molecular formula is C19H21FN6O3. The van der Waals surface area contributed by atoms with Crippen LogP contribution in [0.1, 0.15) is 35.7 Å². The van der Waals surface area contributed by atoms with Gasteiger partial charge in [-0.1, -0.05) is 0 Å². The molecule has 3 rings (SSSR count). The number of anilines is 2. The van der Waals surface area contributed by atoms with Gasteiger partial charge < -0.3 is 21.1 Å². The summed E-state index contributed by atoms with van der Waals surface area (Å²) in [5, 5.41) is 25.8. The summed E-state index contributed by atoms with van der Waals surface area (Å²) in [7, 11) is 0. The molecule has 1 saturated heterocycles. The van der Waals surface area contributed by atoms with E-state index in [2.05, 4.69) is 16.5 Å². The summed E-state index contributed by atoms with van der Waals surface area (Å²) in [6.45, 7) is 0.763. The number of amides is 2. The Balaban J connectivity index is 1.85. The number of nitrogens with two attached hydrogens (primary N) is 1. The molecule has 1 aromatic heterocycles. The van der Waals surface area contributed by atoms with Gasteiger partial charge in [-0.15, -0.1) is 0 Å². The first-order valence-corrected chi connectivity index (χ1v) is 9.15. The van der Waals surface area contributed by atoms with E-state index in [0.717, 1.165) is 0 Å². The standard InChI is InChI=1S/C19H21FN6O3/c20-13-1-3-14(4-2-13)23-18-15(17(22)27)11-26(24-18)16(5-8-21)12-6-9-25(10-7-12)19(28)29/h1-4,11-12,16H,5-7,9-10H2,(H2,22,27)(H,23,24)(H,28,29)/t16-/m1/s1. The predicted molar refractivity (Wildman–Crippen MR) is 102 cm³/mol. The van der Waals surface area contributed by atoms with Gasteiger partial charge in [0.1, 0.15) is 11.4 Å². The van der Waals surface area contributed by atoms with Crippen LogP contribution >= 0.6 is 0 Å². The normalized spacial score (nSPS) is 15.5. The molecule has 2 heterocycles. The molecule has 0 spiro atoms. The number of hydrogen-bond donors (Lipinski definition) is 3. The molecule has 0 radical (unpaired) electrons. The van der Waals surface area contributed by atoms with Gasteiger partial charge in [-0.25, -0.2) is 9.18 Å². The average Bonchev–Trinajstić information content (AvgIpc) is 3.11. The average molecular weight is 400 g/mol. The van der Waals surface area contributed by atoms with Crippen molar-refractivity contribution in [2.45, 2.75) is 25.3 Å². The maximum Gasteiger partial charge on any atom is 0.407 e. The van der Waals surface area contributed by atoms with Gasteiger partial charge in [0.25, 0.3) is 5.91 Å². The third-order valence-corrected chi connectivity index (χ3v) is 5.10. The second-order valence-corrected chi connectivity index (χ2v) is 6.90. The van der Waals surface area contributed by atoms with Crippen LogP contribution in [0.15, 0.2) is 30.5 Å². The molecule has 2 aromatic rings. The van der Waals surface area contributed by atoms with Crippen LogP contribution in [0.5, 0.6) is 0 Å². The van der Waals surface area contributed by atoms with Gasteiger partial charge in [-0.2, -0.15) is 10.4 Å². The molecule has 0 saturated carbocycles. The minimum absolute atomic E-state index is 0.0320. The van der Waals surface area contributed by atoms with Crippen LogP contribution in [0.2, 0.25) is 0 Å². The van der Waals surface area contributed by atoms with E-state index < -0.39 is 17.8 Å². The van der Waals surface area contributed by atoms with E-state index in [4.69, 9.17) is 10.8 Å².